The van der Waals surface area contributed by atoms with Gasteiger partial charge >= 0.3 is 0 Å². The molecule has 4 rings (SSSR count). The molecule has 2 saturated heterocycles. The first-order chi connectivity index (χ1) is 10.2. The van der Waals surface area contributed by atoms with Crippen molar-refractivity contribution in [2.45, 2.75) is 12.5 Å². The molecule has 0 radical (unpaired) electrons. The summed E-state index contributed by atoms with van der Waals surface area (Å²) in [5, 5.41) is 5.91. The zero-order valence-corrected chi connectivity index (χ0v) is 12.4. The molecule has 2 aliphatic heterocycles. The molecule has 3 nitrogen and oxygen atoms in total. The van der Waals surface area contributed by atoms with E-state index in [2.05, 4.69) is 10.2 Å². The Balaban J connectivity index is 1.57. The molecule has 2 bridgehead atoms. The summed E-state index contributed by atoms with van der Waals surface area (Å²) in [6, 6.07) is 11.8. The Bertz CT molecular complexity index is 715. The first kappa shape index (κ1) is 13.1. The number of rotatable bonds is 2. The number of piperidine rings is 1. The Morgan fingerprint density at radius 1 is 1.24 bits per heavy atom. The average Bonchev–Trinajstić information content (AvgIpc) is 3.09. The molecule has 2 aromatic rings. The van der Waals surface area contributed by atoms with Gasteiger partial charge in [0, 0.05) is 35.1 Å². The number of fused-ring (bicyclic) bond motifs is 3. The molecular weight excluding hydrogens is 284 g/mol. The van der Waals surface area contributed by atoms with Gasteiger partial charge in [-0.05, 0) is 42.5 Å². The molecular formula is C17H17ClN2O. The van der Waals surface area contributed by atoms with E-state index in [9.17, 15) is 4.79 Å². The topological polar surface area (TPSA) is 32.3 Å². The maximum Gasteiger partial charge on any atom is 0.251 e. The Hall–Kier alpha value is -1.58. The molecule has 0 spiro atoms. The summed E-state index contributed by atoms with van der Waals surface area (Å²) >= 11 is 6.16. The monoisotopic (exact) mass is 300 g/mol. The summed E-state index contributed by atoms with van der Waals surface area (Å²) in [6.07, 6.45) is 1.21. The van der Waals surface area contributed by atoms with Crippen LogP contribution in [0, 0.1) is 5.92 Å². The Morgan fingerprint density at radius 3 is 2.90 bits per heavy atom. The molecule has 21 heavy (non-hydrogen) atoms. The van der Waals surface area contributed by atoms with Crippen molar-refractivity contribution in [2.75, 3.05) is 19.6 Å². The summed E-state index contributed by atoms with van der Waals surface area (Å²) in [6.45, 7) is 3.32. The van der Waals surface area contributed by atoms with E-state index in [1.807, 2.05) is 36.4 Å². The van der Waals surface area contributed by atoms with Crippen LogP contribution in [0.1, 0.15) is 16.8 Å². The van der Waals surface area contributed by atoms with Crippen molar-refractivity contribution >= 4 is 28.3 Å². The summed E-state index contributed by atoms with van der Waals surface area (Å²) < 4.78 is 0. The van der Waals surface area contributed by atoms with E-state index in [1.165, 1.54) is 13.0 Å². The van der Waals surface area contributed by atoms with E-state index in [0.717, 1.165) is 28.9 Å². The summed E-state index contributed by atoms with van der Waals surface area (Å²) in [5.74, 6) is 0.652. The highest BCUT2D eigenvalue weighted by molar-refractivity contribution is 6.35. The van der Waals surface area contributed by atoms with Crippen LogP contribution >= 0.6 is 11.6 Å². The van der Waals surface area contributed by atoms with Crippen LogP contribution in [0.2, 0.25) is 5.02 Å². The van der Waals surface area contributed by atoms with Crippen molar-refractivity contribution in [1.82, 2.24) is 10.2 Å². The number of nitrogens with zero attached hydrogens (tertiary/aromatic N) is 1. The van der Waals surface area contributed by atoms with Gasteiger partial charge in [0.2, 0.25) is 0 Å². The lowest BCUT2D eigenvalue weighted by atomic mass is 9.99. The van der Waals surface area contributed by atoms with Crippen LogP contribution in [0.15, 0.2) is 36.4 Å². The first-order valence-electron chi connectivity index (χ1n) is 7.42. The molecule has 0 aliphatic carbocycles. The largest absolute Gasteiger partial charge is 0.348 e. The van der Waals surface area contributed by atoms with E-state index in [4.69, 9.17) is 11.6 Å². The van der Waals surface area contributed by atoms with Crippen molar-refractivity contribution in [1.29, 1.82) is 0 Å². The van der Waals surface area contributed by atoms with Gasteiger partial charge in [0.25, 0.3) is 5.91 Å². The fraction of sp³-hybridized carbons (Fsp3) is 0.353. The fourth-order valence-corrected chi connectivity index (χ4v) is 3.83. The molecule has 1 amide bonds. The summed E-state index contributed by atoms with van der Waals surface area (Å²) in [7, 11) is 0. The molecule has 2 heterocycles. The van der Waals surface area contributed by atoms with Crippen LogP contribution in [0.4, 0.5) is 0 Å². The van der Waals surface area contributed by atoms with Gasteiger partial charge in [-0.1, -0.05) is 29.8 Å². The van der Waals surface area contributed by atoms with Gasteiger partial charge in [0.15, 0.2) is 0 Å². The number of carbonyl (C=O) groups is 1. The zero-order valence-electron chi connectivity index (χ0n) is 11.7. The molecule has 0 aromatic heterocycles. The van der Waals surface area contributed by atoms with Crippen molar-refractivity contribution in [2.24, 2.45) is 5.92 Å². The fourth-order valence-electron chi connectivity index (χ4n) is 3.58. The maximum absolute atomic E-state index is 12.4. The molecule has 4 heteroatoms. The molecule has 1 N–H and O–H groups in total. The van der Waals surface area contributed by atoms with Gasteiger partial charge in [0.1, 0.15) is 0 Å². The van der Waals surface area contributed by atoms with E-state index in [0.29, 0.717) is 17.5 Å². The van der Waals surface area contributed by atoms with Gasteiger partial charge < -0.3 is 10.2 Å². The van der Waals surface area contributed by atoms with E-state index >= 15 is 0 Å². The van der Waals surface area contributed by atoms with Gasteiger partial charge in [-0.3, -0.25) is 4.79 Å². The van der Waals surface area contributed by atoms with Crippen LogP contribution in [-0.2, 0) is 0 Å². The lowest BCUT2D eigenvalue weighted by molar-refractivity contribution is 0.0924. The third-order valence-electron chi connectivity index (χ3n) is 4.74. The highest BCUT2D eigenvalue weighted by atomic mass is 35.5. The quantitative estimate of drug-likeness (QED) is 0.925. The molecule has 2 fully saturated rings. The van der Waals surface area contributed by atoms with Gasteiger partial charge in [0.05, 0.1) is 0 Å². The molecule has 2 unspecified atom stereocenters. The minimum absolute atomic E-state index is 0.0237. The lowest BCUT2D eigenvalue weighted by Crippen LogP contribution is -2.43. The van der Waals surface area contributed by atoms with E-state index in [1.54, 1.807) is 0 Å². The molecule has 2 aromatic carbocycles. The zero-order chi connectivity index (χ0) is 14.4. The van der Waals surface area contributed by atoms with Crippen molar-refractivity contribution in [3.63, 3.8) is 0 Å². The highest BCUT2D eigenvalue weighted by Crippen LogP contribution is 2.28. The number of nitrogens with one attached hydrogen (secondary N) is 1. The SMILES string of the molecule is O=C(NC1CN2CC[C@H]1C2)c1ccc2c(Cl)cccc2c1. The minimum atomic E-state index is 0.0237. The normalized spacial score (nSPS) is 27.2. The van der Waals surface area contributed by atoms with Crippen LogP contribution < -0.4 is 5.32 Å². The van der Waals surface area contributed by atoms with E-state index < -0.39 is 0 Å². The molecule has 3 atom stereocenters. The number of benzene rings is 2. The smallest absolute Gasteiger partial charge is 0.251 e. The van der Waals surface area contributed by atoms with Gasteiger partial charge in [-0.25, -0.2) is 0 Å². The predicted molar refractivity (Wildman–Crippen MR) is 84.8 cm³/mol. The second-order valence-corrected chi connectivity index (χ2v) is 6.47. The standard InChI is InChI=1S/C17H17ClN2O/c18-15-3-1-2-11-8-12(4-5-14(11)15)17(21)19-16-10-20-7-6-13(16)9-20/h1-5,8,13,16H,6-7,9-10H2,(H,19,21)/t13-,16?/m0/s1. The Morgan fingerprint density at radius 2 is 2.14 bits per heavy atom. The van der Waals surface area contributed by atoms with E-state index in [-0.39, 0.29) is 5.91 Å². The lowest BCUT2D eigenvalue weighted by Gasteiger charge is -2.23. The van der Waals surface area contributed by atoms with Crippen molar-refractivity contribution in [3.05, 3.63) is 47.0 Å². The molecule has 108 valence electrons. The molecule has 0 saturated carbocycles. The molecule has 2 aliphatic rings. The number of carbonyl (C=O) groups excluding carboxylic acids is 1. The van der Waals surface area contributed by atoms with Crippen molar-refractivity contribution in [3.8, 4) is 0 Å². The summed E-state index contributed by atoms with van der Waals surface area (Å²) in [4.78, 5) is 14.9. The van der Waals surface area contributed by atoms with Gasteiger partial charge in [-0.15, -0.1) is 0 Å². The van der Waals surface area contributed by atoms with Crippen LogP contribution in [0.5, 0.6) is 0 Å². The van der Waals surface area contributed by atoms with Crippen LogP contribution in [0.25, 0.3) is 10.8 Å². The van der Waals surface area contributed by atoms with Crippen molar-refractivity contribution < 1.29 is 4.79 Å². The predicted octanol–water partition coefficient (Wildman–Crippen LogP) is 2.93. The number of amides is 1. The summed E-state index contributed by atoms with van der Waals surface area (Å²) in [5.41, 5.74) is 0.711. The van der Waals surface area contributed by atoms with Gasteiger partial charge in [-0.2, -0.15) is 0 Å². The average molecular weight is 301 g/mol. The third-order valence-corrected chi connectivity index (χ3v) is 5.07. The van der Waals surface area contributed by atoms with Crippen LogP contribution in [-0.4, -0.2) is 36.5 Å². The van der Waals surface area contributed by atoms with Crippen LogP contribution in [0.3, 0.4) is 0 Å². The number of hydrogen-bond acceptors (Lipinski definition) is 2. The number of halogens is 1. The first-order valence-corrected chi connectivity index (χ1v) is 7.80. The Labute approximate surface area is 128 Å². The second-order valence-electron chi connectivity index (χ2n) is 6.06. The maximum atomic E-state index is 12.4. The Kier molecular flexibility index (Phi) is 3.12. The third kappa shape index (κ3) is 2.30. The highest BCUT2D eigenvalue weighted by Gasteiger charge is 2.38. The minimum Gasteiger partial charge on any atom is -0.348 e. The number of hydrogen-bond donors (Lipinski definition) is 1. The second kappa shape index (κ2) is 5.00.